The molecule has 1 saturated heterocycles. The molecular formula is C13H27FN2. The van der Waals surface area contributed by atoms with Gasteiger partial charge < -0.3 is 5.32 Å². The maximum Gasteiger partial charge on any atom is 0.0906 e. The summed E-state index contributed by atoms with van der Waals surface area (Å²) in [6, 6.07) is 1.11. The van der Waals surface area contributed by atoms with E-state index in [0.29, 0.717) is 18.5 Å². The van der Waals surface area contributed by atoms with E-state index in [-0.39, 0.29) is 12.1 Å². The smallest absolute Gasteiger partial charge is 0.0906 e. The number of alkyl halides is 1. The molecule has 1 rings (SSSR count). The Kier molecular flexibility index (Phi) is 5.19. The van der Waals surface area contributed by atoms with Gasteiger partial charge in [-0.25, -0.2) is 0 Å². The van der Waals surface area contributed by atoms with Crippen LogP contribution in [-0.2, 0) is 0 Å². The molecular weight excluding hydrogens is 203 g/mol. The van der Waals surface area contributed by atoms with Crippen molar-refractivity contribution in [2.24, 2.45) is 5.41 Å². The zero-order chi connectivity index (χ0) is 12.2. The van der Waals surface area contributed by atoms with Crippen molar-refractivity contribution in [3.63, 3.8) is 0 Å². The van der Waals surface area contributed by atoms with E-state index in [9.17, 15) is 4.39 Å². The summed E-state index contributed by atoms with van der Waals surface area (Å²) in [6.45, 7) is 11.8. The summed E-state index contributed by atoms with van der Waals surface area (Å²) in [5.41, 5.74) is 0.284. The fraction of sp³-hybridized carbons (Fsp3) is 1.00. The second-order valence-corrected chi connectivity index (χ2v) is 5.93. The van der Waals surface area contributed by atoms with Crippen LogP contribution in [0.2, 0.25) is 0 Å². The van der Waals surface area contributed by atoms with Crippen molar-refractivity contribution in [1.82, 2.24) is 10.2 Å². The van der Waals surface area contributed by atoms with E-state index in [4.69, 9.17) is 0 Å². The third kappa shape index (κ3) is 3.70. The highest BCUT2D eigenvalue weighted by molar-refractivity contribution is 4.91. The first-order valence-corrected chi connectivity index (χ1v) is 6.52. The Bertz CT molecular complexity index is 201. The summed E-state index contributed by atoms with van der Waals surface area (Å²) in [5.74, 6) is 0. The van der Waals surface area contributed by atoms with E-state index in [2.05, 4.69) is 37.9 Å². The quantitative estimate of drug-likeness (QED) is 0.798. The lowest BCUT2D eigenvalue weighted by atomic mass is 9.84. The van der Waals surface area contributed by atoms with Crippen LogP contribution < -0.4 is 5.32 Å². The largest absolute Gasteiger partial charge is 0.311 e. The second-order valence-electron chi connectivity index (χ2n) is 5.93. The lowest BCUT2D eigenvalue weighted by molar-refractivity contribution is 0.0810. The van der Waals surface area contributed by atoms with Crippen molar-refractivity contribution in [2.45, 2.75) is 52.6 Å². The first-order chi connectivity index (χ1) is 7.49. The zero-order valence-corrected chi connectivity index (χ0v) is 11.2. The van der Waals surface area contributed by atoms with Gasteiger partial charge >= 0.3 is 0 Å². The van der Waals surface area contributed by atoms with Crippen molar-refractivity contribution in [1.29, 1.82) is 0 Å². The molecule has 0 bridgehead atoms. The number of hydrogen-bond donors (Lipinski definition) is 1. The van der Waals surface area contributed by atoms with Gasteiger partial charge in [0.15, 0.2) is 0 Å². The molecule has 0 amide bonds. The molecule has 0 aromatic heterocycles. The molecule has 0 spiro atoms. The van der Waals surface area contributed by atoms with Crippen LogP contribution in [0.15, 0.2) is 0 Å². The van der Waals surface area contributed by atoms with E-state index in [1.807, 2.05) is 0 Å². The molecule has 0 saturated carbocycles. The van der Waals surface area contributed by atoms with Crippen molar-refractivity contribution in [3.8, 4) is 0 Å². The van der Waals surface area contributed by atoms with Crippen LogP contribution in [0.4, 0.5) is 4.39 Å². The van der Waals surface area contributed by atoms with Gasteiger partial charge in [0.2, 0.25) is 0 Å². The molecule has 0 aromatic carbocycles. The number of nitrogens with one attached hydrogen (secondary N) is 1. The van der Waals surface area contributed by atoms with Crippen LogP contribution >= 0.6 is 0 Å². The molecule has 96 valence electrons. The maximum atomic E-state index is 12.3. The Hall–Kier alpha value is -0.150. The highest BCUT2D eigenvalue weighted by atomic mass is 19.1. The van der Waals surface area contributed by atoms with Gasteiger partial charge in [0.05, 0.1) is 6.67 Å². The molecule has 1 aliphatic heterocycles. The third-order valence-electron chi connectivity index (χ3n) is 3.63. The van der Waals surface area contributed by atoms with Gasteiger partial charge in [0, 0.05) is 31.7 Å². The number of hydrogen-bond acceptors (Lipinski definition) is 2. The number of halogens is 1. The Balaban J connectivity index is 2.54. The van der Waals surface area contributed by atoms with E-state index in [0.717, 1.165) is 26.1 Å². The van der Waals surface area contributed by atoms with Gasteiger partial charge in [0.25, 0.3) is 0 Å². The van der Waals surface area contributed by atoms with Crippen molar-refractivity contribution < 1.29 is 4.39 Å². The molecule has 1 aliphatic rings. The summed E-state index contributed by atoms with van der Waals surface area (Å²) < 4.78 is 12.3. The average Bonchev–Trinajstić information content (AvgIpc) is 2.24. The maximum absolute atomic E-state index is 12.3. The standard InChI is InChI=1S/C13H27FN2/c1-5-11-9-15-12(13(2,3)4)10-16(11)8-6-7-14/h11-12,15H,5-10H2,1-4H3. The van der Waals surface area contributed by atoms with Crippen molar-refractivity contribution in [3.05, 3.63) is 0 Å². The molecule has 0 aromatic rings. The predicted octanol–water partition coefficient (Wildman–Crippen LogP) is 2.44. The Morgan fingerprint density at radius 1 is 1.38 bits per heavy atom. The highest BCUT2D eigenvalue weighted by Gasteiger charge is 2.32. The molecule has 2 atom stereocenters. The van der Waals surface area contributed by atoms with Gasteiger partial charge in [-0.05, 0) is 18.3 Å². The molecule has 0 aliphatic carbocycles. The highest BCUT2D eigenvalue weighted by Crippen LogP contribution is 2.24. The summed E-state index contributed by atoms with van der Waals surface area (Å²) in [4.78, 5) is 2.46. The topological polar surface area (TPSA) is 15.3 Å². The van der Waals surface area contributed by atoms with E-state index < -0.39 is 0 Å². The van der Waals surface area contributed by atoms with Gasteiger partial charge in [-0.2, -0.15) is 0 Å². The summed E-state index contributed by atoms with van der Waals surface area (Å²) in [7, 11) is 0. The van der Waals surface area contributed by atoms with Crippen LogP contribution in [0.3, 0.4) is 0 Å². The first-order valence-electron chi connectivity index (χ1n) is 6.52. The van der Waals surface area contributed by atoms with Crippen LogP contribution in [0.1, 0.15) is 40.5 Å². The Morgan fingerprint density at radius 3 is 2.56 bits per heavy atom. The van der Waals surface area contributed by atoms with Crippen LogP contribution in [-0.4, -0.2) is 43.3 Å². The Morgan fingerprint density at radius 2 is 2.06 bits per heavy atom. The SMILES string of the molecule is CCC1CNC(C(C)(C)C)CN1CCCF. The predicted molar refractivity (Wildman–Crippen MR) is 67.5 cm³/mol. The van der Waals surface area contributed by atoms with E-state index in [1.54, 1.807) is 0 Å². The molecule has 3 heteroatoms. The first kappa shape index (κ1) is 13.9. The van der Waals surface area contributed by atoms with Gasteiger partial charge in [0.1, 0.15) is 0 Å². The Labute approximate surface area is 99.6 Å². The van der Waals surface area contributed by atoms with Crippen LogP contribution in [0.25, 0.3) is 0 Å². The minimum absolute atomic E-state index is 0.194. The average molecular weight is 230 g/mol. The number of rotatable bonds is 4. The van der Waals surface area contributed by atoms with Crippen molar-refractivity contribution in [2.75, 3.05) is 26.3 Å². The van der Waals surface area contributed by atoms with Crippen molar-refractivity contribution >= 4 is 0 Å². The van der Waals surface area contributed by atoms with Gasteiger partial charge in [-0.3, -0.25) is 9.29 Å². The molecule has 1 heterocycles. The summed E-state index contributed by atoms with van der Waals surface area (Å²) >= 11 is 0. The molecule has 1 fully saturated rings. The van der Waals surface area contributed by atoms with Crippen LogP contribution in [0.5, 0.6) is 0 Å². The van der Waals surface area contributed by atoms with E-state index in [1.165, 1.54) is 0 Å². The lowest BCUT2D eigenvalue weighted by Gasteiger charge is -2.45. The van der Waals surface area contributed by atoms with Gasteiger partial charge in [-0.15, -0.1) is 0 Å². The molecule has 2 nitrogen and oxygen atoms in total. The van der Waals surface area contributed by atoms with E-state index >= 15 is 0 Å². The van der Waals surface area contributed by atoms with Gasteiger partial charge in [-0.1, -0.05) is 27.7 Å². The fourth-order valence-corrected chi connectivity index (χ4v) is 2.37. The molecule has 16 heavy (non-hydrogen) atoms. The minimum Gasteiger partial charge on any atom is -0.311 e. The normalized spacial score (nSPS) is 28.3. The van der Waals surface area contributed by atoms with Crippen LogP contribution in [0, 0.1) is 5.41 Å². The monoisotopic (exact) mass is 230 g/mol. The summed E-state index contributed by atoms with van der Waals surface area (Å²) in [5, 5.41) is 3.63. The number of piperazine rings is 1. The number of nitrogens with zero attached hydrogens (tertiary/aromatic N) is 1. The zero-order valence-electron chi connectivity index (χ0n) is 11.2. The molecule has 2 unspecified atom stereocenters. The molecule has 1 N–H and O–H groups in total. The minimum atomic E-state index is -0.194. The summed E-state index contributed by atoms with van der Waals surface area (Å²) in [6.07, 6.45) is 1.82. The second kappa shape index (κ2) is 5.97. The molecule has 0 radical (unpaired) electrons. The fourth-order valence-electron chi connectivity index (χ4n) is 2.37. The third-order valence-corrected chi connectivity index (χ3v) is 3.63. The lowest BCUT2D eigenvalue weighted by Crippen LogP contribution is -2.60.